The van der Waals surface area contributed by atoms with E-state index >= 15 is 0 Å². The highest BCUT2D eigenvalue weighted by atomic mass is 32.2. The molecular weight excluding hydrogens is 174 g/mol. The Kier molecular flexibility index (Phi) is 4.10. The average Bonchev–Trinajstić information content (AvgIpc) is 2.57. The standard InChI is InChI=1S/C7H13N3OS/c1-2-6(8)3-12-4-7-9-5-11-10-7/h5-6H,2-4,8H2,1H3. The molecule has 0 saturated carbocycles. The molecule has 0 bridgehead atoms. The summed E-state index contributed by atoms with van der Waals surface area (Å²) in [5, 5.41) is 3.69. The van der Waals surface area contributed by atoms with Crippen molar-refractivity contribution in [1.29, 1.82) is 0 Å². The maximum Gasteiger partial charge on any atom is 0.213 e. The van der Waals surface area contributed by atoms with Crippen LogP contribution in [0.25, 0.3) is 0 Å². The van der Waals surface area contributed by atoms with Gasteiger partial charge in [-0.3, -0.25) is 0 Å². The summed E-state index contributed by atoms with van der Waals surface area (Å²) in [6, 6.07) is 0.280. The van der Waals surface area contributed by atoms with E-state index in [9.17, 15) is 0 Å². The van der Waals surface area contributed by atoms with E-state index in [1.165, 1.54) is 6.39 Å². The molecule has 1 unspecified atom stereocenters. The van der Waals surface area contributed by atoms with Crippen LogP contribution >= 0.6 is 11.8 Å². The second-order valence-electron chi connectivity index (χ2n) is 2.53. The molecule has 0 spiro atoms. The van der Waals surface area contributed by atoms with Crippen LogP contribution in [-0.4, -0.2) is 21.9 Å². The Morgan fingerprint density at radius 3 is 3.17 bits per heavy atom. The zero-order valence-corrected chi connectivity index (χ0v) is 7.88. The van der Waals surface area contributed by atoms with Crippen molar-refractivity contribution >= 4 is 11.8 Å². The number of hydrogen-bond acceptors (Lipinski definition) is 5. The van der Waals surface area contributed by atoms with Crippen LogP contribution in [0.5, 0.6) is 0 Å². The fourth-order valence-electron chi connectivity index (χ4n) is 0.675. The topological polar surface area (TPSA) is 64.9 Å². The van der Waals surface area contributed by atoms with Gasteiger partial charge in [0.1, 0.15) is 0 Å². The molecule has 1 rings (SSSR count). The van der Waals surface area contributed by atoms with Gasteiger partial charge in [-0.05, 0) is 6.42 Å². The number of nitrogens with two attached hydrogens (primary N) is 1. The zero-order chi connectivity index (χ0) is 8.81. The molecular formula is C7H13N3OS. The molecule has 1 aromatic heterocycles. The molecule has 68 valence electrons. The summed E-state index contributed by atoms with van der Waals surface area (Å²) in [4.78, 5) is 3.90. The smallest absolute Gasteiger partial charge is 0.213 e. The molecule has 0 saturated heterocycles. The summed E-state index contributed by atoms with van der Waals surface area (Å²) < 4.78 is 4.59. The Bertz CT molecular complexity index is 202. The second kappa shape index (κ2) is 5.16. The van der Waals surface area contributed by atoms with Gasteiger partial charge in [0.2, 0.25) is 6.39 Å². The van der Waals surface area contributed by atoms with Crippen molar-refractivity contribution in [2.75, 3.05) is 5.75 Å². The van der Waals surface area contributed by atoms with E-state index in [1.807, 2.05) is 0 Å². The third kappa shape index (κ3) is 3.23. The number of hydrogen-bond donors (Lipinski definition) is 1. The molecule has 2 N–H and O–H groups in total. The molecule has 0 aromatic carbocycles. The Labute approximate surface area is 75.9 Å². The fraction of sp³-hybridized carbons (Fsp3) is 0.714. The second-order valence-corrected chi connectivity index (χ2v) is 3.56. The average molecular weight is 187 g/mol. The lowest BCUT2D eigenvalue weighted by Crippen LogP contribution is -2.21. The number of nitrogens with zero attached hydrogens (tertiary/aromatic N) is 2. The van der Waals surface area contributed by atoms with Gasteiger partial charge in [-0.1, -0.05) is 12.1 Å². The van der Waals surface area contributed by atoms with Crippen LogP contribution in [0.15, 0.2) is 10.9 Å². The maximum atomic E-state index is 5.73. The first-order valence-corrected chi connectivity index (χ1v) is 5.07. The van der Waals surface area contributed by atoms with Gasteiger partial charge in [0.25, 0.3) is 0 Å². The summed E-state index contributed by atoms with van der Waals surface area (Å²) >= 11 is 1.73. The predicted octanol–water partition coefficient (Wildman–Crippen LogP) is 1.04. The predicted molar refractivity (Wildman–Crippen MR) is 48.7 cm³/mol. The van der Waals surface area contributed by atoms with Crippen LogP contribution in [0.3, 0.4) is 0 Å². The van der Waals surface area contributed by atoms with E-state index < -0.39 is 0 Å². The van der Waals surface area contributed by atoms with E-state index in [4.69, 9.17) is 5.73 Å². The van der Waals surface area contributed by atoms with Crippen LogP contribution in [0.1, 0.15) is 19.2 Å². The lowest BCUT2D eigenvalue weighted by Gasteiger charge is -2.05. The van der Waals surface area contributed by atoms with Crippen LogP contribution in [0.4, 0.5) is 0 Å². The third-order valence-electron chi connectivity index (χ3n) is 1.49. The Hall–Kier alpha value is -0.550. The number of rotatable bonds is 5. The molecule has 5 heteroatoms. The van der Waals surface area contributed by atoms with Gasteiger partial charge >= 0.3 is 0 Å². The lowest BCUT2D eigenvalue weighted by molar-refractivity contribution is 0.412. The van der Waals surface area contributed by atoms with Gasteiger partial charge < -0.3 is 10.3 Å². The van der Waals surface area contributed by atoms with E-state index in [-0.39, 0.29) is 6.04 Å². The molecule has 0 fully saturated rings. The summed E-state index contributed by atoms with van der Waals surface area (Å²) in [5.74, 6) is 2.47. The van der Waals surface area contributed by atoms with Crippen LogP contribution in [0, 0.1) is 0 Å². The lowest BCUT2D eigenvalue weighted by atomic mass is 10.3. The minimum atomic E-state index is 0.280. The monoisotopic (exact) mass is 187 g/mol. The highest BCUT2D eigenvalue weighted by Gasteiger charge is 2.01. The van der Waals surface area contributed by atoms with Crippen molar-refractivity contribution in [3.8, 4) is 0 Å². The van der Waals surface area contributed by atoms with Crippen molar-refractivity contribution in [3.05, 3.63) is 12.2 Å². The number of aromatic nitrogens is 2. The van der Waals surface area contributed by atoms with Gasteiger partial charge in [-0.25, -0.2) is 0 Å². The zero-order valence-electron chi connectivity index (χ0n) is 7.06. The van der Waals surface area contributed by atoms with Crippen LogP contribution < -0.4 is 5.73 Å². The highest BCUT2D eigenvalue weighted by Crippen LogP contribution is 2.09. The van der Waals surface area contributed by atoms with E-state index in [0.29, 0.717) is 0 Å². The van der Waals surface area contributed by atoms with Gasteiger partial charge in [0.05, 0.1) is 5.75 Å². The first-order chi connectivity index (χ1) is 5.83. The summed E-state index contributed by atoms with van der Waals surface area (Å²) in [5.41, 5.74) is 5.73. The van der Waals surface area contributed by atoms with Gasteiger partial charge in [-0.2, -0.15) is 16.7 Å². The van der Waals surface area contributed by atoms with Crippen molar-refractivity contribution in [2.45, 2.75) is 25.1 Å². The van der Waals surface area contributed by atoms with E-state index in [1.54, 1.807) is 11.8 Å². The van der Waals surface area contributed by atoms with Gasteiger partial charge in [0, 0.05) is 11.8 Å². The minimum Gasteiger partial charge on any atom is -0.343 e. The molecule has 0 radical (unpaired) electrons. The Balaban J connectivity index is 2.11. The molecule has 0 aliphatic rings. The van der Waals surface area contributed by atoms with Gasteiger partial charge in [0.15, 0.2) is 5.82 Å². The summed E-state index contributed by atoms with van der Waals surface area (Å²) in [7, 11) is 0. The molecule has 1 atom stereocenters. The highest BCUT2D eigenvalue weighted by molar-refractivity contribution is 7.98. The van der Waals surface area contributed by atoms with Crippen molar-refractivity contribution in [3.63, 3.8) is 0 Å². The summed E-state index contributed by atoms with van der Waals surface area (Å²) in [6.07, 6.45) is 2.36. The van der Waals surface area contributed by atoms with Crippen LogP contribution in [-0.2, 0) is 5.75 Å². The van der Waals surface area contributed by atoms with Crippen molar-refractivity contribution < 1.29 is 4.52 Å². The Morgan fingerprint density at radius 1 is 1.75 bits per heavy atom. The number of thioether (sulfide) groups is 1. The summed E-state index contributed by atoms with van der Waals surface area (Å²) in [6.45, 7) is 2.08. The van der Waals surface area contributed by atoms with E-state index in [0.717, 1.165) is 23.8 Å². The molecule has 0 aliphatic carbocycles. The molecule has 1 aromatic rings. The first kappa shape index (κ1) is 9.54. The van der Waals surface area contributed by atoms with E-state index in [2.05, 4.69) is 21.6 Å². The molecule has 1 heterocycles. The fourth-order valence-corrected chi connectivity index (χ4v) is 1.64. The largest absolute Gasteiger partial charge is 0.343 e. The van der Waals surface area contributed by atoms with Crippen molar-refractivity contribution in [1.82, 2.24) is 10.1 Å². The van der Waals surface area contributed by atoms with Gasteiger partial charge in [-0.15, -0.1) is 0 Å². The molecule has 0 aliphatic heterocycles. The van der Waals surface area contributed by atoms with Crippen molar-refractivity contribution in [2.24, 2.45) is 5.73 Å². The SMILES string of the molecule is CCC(N)CSCc1ncon1. The molecule has 12 heavy (non-hydrogen) atoms. The Morgan fingerprint density at radius 2 is 2.58 bits per heavy atom. The third-order valence-corrected chi connectivity index (χ3v) is 2.62. The molecule has 0 amide bonds. The normalized spacial score (nSPS) is 13.2. The maximum absolute atomic E-state index is 5.73. The first-order valence-electron chi connectivity index (χ1n) is 3.91. The van der Waals surface area contributed by atoms with Crippen LogP contribution in [0.2, 0.25) is 0 Å². The minimum absolute atomic E-state index is 0.280. The molecule has 4 nitrogen and oxygen atoms in total. The quantitative estimate of drug-likeness (QED) is 0.746.